The second-order valence-electron chi connectivity index (χ2n) is 5.71. The predicted octanol–water partition coefficient (Wildman–Crippen LogP) is 2.69. The van der Waals surface area contributed by atoms with Gasteiger partial charge in [0.05, 0.1) is 11.1 Å². The van der Waals surface area contributed by atoms with E-state index < -0.39 is 15.9 Å². The quantitative estimate of drug-likeness (QED) is 0.643. The van der Waals surface area contributed by atoms with Crippen molar-refractivity contribution in [3.05, 3.63) is 52.2 Å². The molecule has 2 heterocycles. The Hall–Kier alpha value is -2.03. The predicted molar refractivity (Wildman–Crippen MR) is 98.4 cm³/mol. The summed E-state index contributed by atoms with van der Waals surface area (Å²) in [5, 5.41) is 5.81. The van der Waals surface area contributed by atoms with Gasteiger partial charge in [0.1, 0.15) is 0 Å². The van der Waals surface area contributed by atoms with Crippen LogP contribution < -0.4 is 5.43 Å². The molecule has 1 aliphatic rings. The Kier molecular flexibility index (Phi) is 5.62. The van der Waals surface area contributed by atoms with E-state index in [9.17, 15) is 13.2 Å². The van der Waals surface area contributed by atoms with Crippen molar-refractivity contribution in [2.75, 3.05) is 13.1 Å². The third-order valence-corrected chi connectivity index (χ3v) is 6.65. The zero-order chi connectivity index (χ0) is 17.7. The number of carbonyl (C=O) groups excluding carboxylic acids is 1. The van der Waals surface area contributed by atoms with Gasteiger partial charge in [0, 0.05) is 23.5 Å². The number of hydrogen-bond acceptors (Lipinski definition) is 5. The summed E-state index contributed by atoms with van der Waals surface area (Å²) in [6.07, 6.45) is 4.35. The first kappa shape index (κ1) is 17.8. The van der Waals surface area contributed by atoms with Crippen LogP contribution >= 0.6 is 11.3 Å². The van der Waals surface area contributed by atoms with Crippen molar-refractivity contribution in [1.82, 2.24) is 9.73 Å². The summed E-state index contributed by atoms with van der Waals surface area (Å²) < 4.78 is 26.9. The molecule has 0 bridgehead atoms. The highest BCUT2D eigenvalue weighted by molar-refractivity contribution is 7.89. The van der Waals surface area contributed by atoms with Crippen molar-refractivity contribution in [2.24, 2.45) is 5.10 Å². The van der Waals surface area contributed by atoms with Gasteiger partial charge in [-0.25, -0.2) is 13.8 Å². The first-order chi connectivity index (χ1) is 12.1. The summed E-state index contributed by atoms with van der Waals surface area (Å²) in [5.74, 6) is -0.441. The number of hydrazone groups is 1. The Morgan fingerprint density at radius 2 is 1.96 bits per heavy atom. The smallest absolute Gasteiger partial charge is 0.267 e. The van der Waals surface area contributed by atoms with Crippen LogP contribution in [0.25, 0.3) is 0 Å². The van der Waals surface area contributed by atoms with E-state index >= 15 is 0 Å². The largest absolute Gasteiger partial charge is 0.271 e. The van der Waals surface area contributed by atoms with Crippen molar-refractivity contribution in [3.63, 3.8) is 0 Å². The number of nitrogens with zero attached hydrogens (tertiary/aromatic N) is 2. The number of piperidine rings is 1. The highest BCUT2D eigenvalue weighted by Gasteiger charge is 2.26. The molecule has 0 saturated carbocycles. The molecule has 1 fully saturated rings. The standard InChI is InChI=1S/C17H19N3O3S2/c21-17(19-18-13-15-7-5-11-24-15)14-6-4-8-16(12-14)25(22,23)20-9-2-1-3-10-20/h4-8,11-13H,1-3,9-10H2,(H,19,21)/b18-13-. The Morgan fingerprint density at radius 3 is 2.68 bits per heavy atom. The van der Waals surface area contributed by atoms with Gasteiger partial charge in [0.2, 0.25) is 10.0 Å². The van der Waals surface area contributed by atoms with Crippen molar-refractivity contribution < 1.29 is 13.2 Å². The molecule has 0 radical (unpaired) electrons. The summed E-state index contributed by atoms with van der Waals surface area (Å²) in [6.45, 7) is 1.06. The first-order valence-electron chi connectivity index (χ1n) is 8.04. The van der Waals surface area contributed by atoms with Gasteiger partial charge in [0.15, 0.2) is 0 Å². The first-order valence-corrected chi connectivity index (χ1v) is 10.4. The van der Waals surface area contributed by atoms with Crippen molar-refractivity contribution >= 4 is 33.5 Å². The summed E-state index contributed by atoms with van der Waals surface area (Å²) in [5.41, 5.74) is 2.69. The van der Waals surface area contributed by atoms with Gasteiger partial charge in [-0.05, 0) is 42.5 Å². The number of carbonyl (C=O) groups is 1. The average molecular weight is 377 g/mol. The lowest BCUT2D eigenvalue weighted by atomic mass is 10.2. The van der Waals surface area contributed by atoms with Gasteiger partial charge in [0.25, 0.3) is 5.91 Å². The molecule has 132 valence electrons. The van der Waals surface area contributed by atoms with Gasteiger partial charge in [-0.1, -0.05) is 18.6 Å². The molecule has 25 heavy (non-hydrogen) atoms. The third-order valence-electron chi connectivity index (χ3n) is 3.95. The molecule has 1 saturated heterocycles. The maximum Gasteiger partial charge on any atom is 0.271 e. The minimum atomic E-state index is -3.56. The average Bonchev–Trinajstić information content (AvgIpc) is 3.16. The van der Waals surface area contributed by atoms with E-state index in [1.54, 1.807) is 18.3 Å². The van der Waals surface area contributed by atoms with Gasteiger partial charge < -0.3 is 0 Å². The Balaban J connectivity index is 1.73. The number of rotatable bonds is 5. The van der Waals surface area contributed by atoms with Crippen LogP contribution in [0.3, 0.4) is 0 Å². The highest BCUT2D eigenvalue weighted by Crippen LogP contribution is 2.21. The molecule has 0 unspecified atom stereocenters. The van der Waals surface area contributed by atoms with Crippen LogP contribution in [-0.2, 0) is 10.0 Å². The van der Waals surface area contributed by atoms with Crippen molar-refractivity contribution in [3.8, 4) is 0 Å². The number of thiophene rings is 1. The molecule has 0 spiro atoms. The molecule has 3 rings (SSSR count). The second-order valence-corrected chi connectivity index (χ2v) is 8.62. The van der Waals surface area contributed by atoms with E-state index in [0.29, 0.717) is 13.1 Å². The van der Waals surface area contributed by atoms with E-state index in [-0.39, 0.29) is 10.5 Å². The lowest BCUT2D eigenvalue weighted by molar-refractivity contribution is 0.0955. The molecule has 1 N–H and O–H groups in total. The van der Waals surface area contributed by atoms with Crippen LogP contribution in [0.1, 0.15) is 34.5 Å². The van der Waals surface area contributed by atoms with Gasteiger partial charge in [-0.2, -0.15) is 9.41 Å². The molecule has 0 aliphatic carbocycles. The molecule has 2 aromatic rings. The van der Waals surface area contributed by atoms with Crippen molar-refractivity contribution in [2.45, 2.75) is 24.2 Å². The topological polar surface area (TPSA) is 78.8 Å². The van der Waals surface area contributed by atoms with Crippen LogP contribution in [0.5, 0.6) is 0 Å². The highest BCUT2D eigenvalue weighted by atomic mass is 32.2. The Bertz CT molecular complexity index is 855. The molecule has 1 aromatic heterocycles. The molecule has 8 heteroatoms. The van der Waals surface area contributed by atoms with Crippen LogP contribution in [-0.4, -0.2) is 37.9 Å². The van der Waals surface area contributed by atoms with Gasteiger partial charge in [-0.15, -0.1) is 11.3 Å². The number of nitrogens with one attached hydrogen (secondary N) is 1. The number of sulfonamides is 1. The minimum absolute atomic E-state index is 0.143. The van der Waals surface area contributed by atoms with Crippen LogP contribution in [0.4, 0.5) is 0 Å². The molecule has 1 aliphatic heterocycles. The zero-order valence-electron chi connectivity index (χ0n) is 13.6. The molecule has 0 atom stereocenters. The van der Waals surface area contributed by atoms with Crippen LogP contribution in [0.2, 0.25) is 0 Å². The second kappa shape index (κ2) is 7.90. The lowest BCUT2D eigenvalue weighted by Gasteiger charge is -2.25. The van der Waals surface area contributed by atoms with Crippen LogP contribution in [0, 0.1) is 0 Å². The molecular formula is C17H19N3O3S2. The maximum absolute atomic E-state index is 12.7. The SMILES string of the molecule is O=C(N/N=C\c1cccs1)c1cccc(S(=O)(=O)N2CCCCC2)c1. The van der Waals surface area contributed by atoms with E-state index in [1.165, 1.54) is 27.8 Å². The van der Waals surface area contributed by atoms with Gasteiger partial charge in [-0.3, -0.25) is 4.79 Å². The summed E-state index contributed by atoms with van der Waals surface area (Å²) in [7, 11) is -3.56. The molecule has 1 amide bonds. The minimum Gasteiger partial charge on any atom is -0.267 e. The van der Waals surface area contributed by atoms with Crippen molar-refractivity contribution in [1.29, 1.82) is 0 Å². The normalized spacial score (nSPS) is 16.2. The summed E-state index contributed by atoms with van der Waals surface area (Å²) in [6, 6.07) is 9.85. The molecule has 1 aromatic carbocycles. The number of amides is 1. The fourth-order valence-electron chi connectivity index (χ4n) is 2.64. The van der Waals surface area contributed by atoms with Crippen LogP contribution in [0.15, 0.2) is 51.8 Å². The molecule has 6 nitrogen and oxygen atoms in total. The number of hydrogen-bond donors (Lipinski definition) is 1. The monoisotopic (exact) mass is 377 g/mol. The molecular weight excluding hydrogens is 358 g/mol. The zero-order valence-corrected chi connectivity index (χ0v) is 15.2. The summed E-state index contributed by atoms with van der Waals surface area (Å²) in [4.78, 5) is 13.3. The van der Waals surface area contributed by atoms with E-state index in [4.69, 9.17) is 0 Å². The lowest BCUT2D eigenvalue weighted by Crippen LogP contribution is -2.35. The fraction of sp³-hybridized carbons (Fsp3) is 0.294. The van der Waals surface area contributed by atoms with Gasteiger partial charge >= 0.3 is 0 Å². The fourth-order valence-corrected chi connectivity index (χ4v) is 4.78. The van der Waals surface area contributed by atoms with E-state index in [2.05, 4.69) is 10.5 Å². The van der Waals surface area contributed by atoms with E-state index in [0.717, 1.165) is 24.1 Å². The maximum atomic E-state index is 12.7. The summed E-state index contributed by atoms with van der Waals surface area (Å²) >= 11 is 1.51. The third kappa shape index (κ3) is 4.33. The Labute approximate surface area is 151 Å². The Morgan fingerprint density at radius 1 is 1.16 bits per heavy atom. The van der Waals surface area contributed by atoms with E-state index in [1.807, 2.05) is 17.5 Å². The number of benzene rings is 1.